The summed E-state index contributed by atoms with van der Waals surface area (Å²) >= 11 is 0. The molecule has 1 aliphatic rings. The highest BCUT2D eigenvalue weighted by molar-refractivity contribution is 5.34. The maximum absolute atomic E-state index is 6.69. The minimum Gasteiger partial charge on any atom is -0.321 e. The van der Waals surface area contributed by atoms with E-state index in [9.17, 15) is 0 Å². The second kappa shape index (κ2) is 4.13. The van der Waals surface area contributed by atoms with Crippen LogP contribution in [0.4, 0.5) is 0 Å². The molecule has 0 saturated heterocycles. The standard InChI is InChI=1S/C16H25N/c1-12-8-13(2)10-14(9-12)16(17)7-5-6-15(3,4)11-16/h8-10H,5-7,11,17H2,1-4H3. The number of hydrogen-bond donors (Lipinski definition) is 1. The van der Waals surface area contributed by atoms with Crippen molar-refractivity contribution in [2.24, 2.45) is 11.1 Å². The van der Waals surface area contributed by atoms with Crippen molar-refractivity contribution in [1.82, 2.24) is 0 Å². The van der Waals surface area contributed by atoms with Gasteiger partial charge in [-0.1, -0.05) is 49.6 Å². The van der Waals surface area contributed by atoms with Crippen LogP contribution in [0.5, 0.6) is 0 Å². The zero-order chi connectivity index (χ0) is 12.7. The van der Waals surface area contributed by atoms with Gasteiger partial charge in [0.05, 0.1) is 0 Å². The Bertz CT molecular complexity index is 399. The first-order chi connectivity index (χ1) is 7.81. The summed E-state index contributed by atoms with van der Waals surface area (Å²) in [5.41, 5.74) is 11.0. The third-order valence-corrected chi connectivity index (χ3v) is 4.07. The van der Waals surface area contributed by atoms with Crippen LogP contribution in [0, 0.1) is 19.3 Å². The summed E-state index contributed by atoms with van der Waals surface area (Å²) in [5.74, 6) is 0. The van der Waals surface area contributed by atoms with E-state index in [1.807, 2.05) is 0 Å². The van der Waals surface area contributed by atoms with Gasteiger partial charge in [0.1, 0.15) is 0 Å². The average molecular weight is 231 g/mol. The molecule has 0 radical (unpaired) electrons. The fraction of sp³-hybridized carbons (Fsp3) is 0.625. The molecule has 1 aromatic carbocycles. The molecule has 0 amide bonds. The van der Waals surface area contributed by atoms with Crippen LogP contribution in [0.1, 0.15) is 56.2 Å². The Morgan fingerprint density at radius 1 is 1.00 bits per heavy atom. The van der Waals surface area contributed by atoms with E-state index in [0.29, 0.717) is 5.41 Å². The van der Waals surface area contributed by atoms with Crippen molar-refractivity contribution in [2.75, 3.05) is 0 Å². The van der Waals surface area contributed by atoms with Gasteiger partial charge in [-0.3, -0.25) is 0 Å². The highest BCUT2D eigenvalue weighted by atomic mass is 14.8. The summed E-state index contributed by atoms with van der Waals surface area (Å²) in [6, 6.07) is 6.77. The van der Waals surface area contributed by atoms with E-state index in [4.69, 9.17) is 5.73 Å². The first-order valence-electron chi connectivity index (χ1n) is 6.68. The topological polar surface area (TPSA) is 26.0 Å². The fourth-order valence-corrected chi connectivity index (χ4v) is 3.42. The fourth-order valence-electron chi connectivity index (χ4n) is 3.42. The van der Waals surface area contributed by atoms with E-state index < -0.39 is 0 Å². The average Bonchev–Trinajstić information content (AvgIpc) is 2.13. The van der Waals surface area contributed by atoms with Gasteiger partial charge in [0.2, 0.25) is 0 Å². The first-order valence-corrected chi connectivity index (χ1v) is 6.68. The lowest BCUT2D eigenvalue weighted by atomic mass is 9.66. The molecule has 1 heteroatoms. The zero-order valence-corrected chi connectivity index (χ0v) is 11.6. The summed E-state index contributed by atoms with van der Waals surface area (Å²) in [6.07, 6.45) is 4.77. The first kappa shape index (κ1) is 12.6. The van der Waals surface area contributed by atoms with E-state index in [0.717, 1.165) is 12.8 Å². The van der Waals surface area contributed by atoms with E-state index >= 15 is 0 Å². The van der Waals surface area contributed by atoms with Crippen LogP contribution in [0.25, 0.3) is 0 Å². The van der Waals surface area contributed by atoms with Crippen molar-refractivity contribution < 1.29 is 0 Å². The molecule has 0 bridgehead atoms. The predicted molar refractivity (Wildman–Crippen MR) is 74.0 cm³/mol. The minimum atomic E-state index is -0.113. The van der Waals surface area contributed by atoms with Gasteiger partial charge in [0.25, 0.3) is 0 Å². The van der Waals surface area contributed by atoms with E-state index in [-0.39, 0.29) is 5.54 Å². The second-order valence-corrected chi connectivity index (χ2v) is 6.73. The number of aryl methyl sites for hydroxylation is 2. The van der Waals surface area contributed by atoms with Crippen LogP contribution in [0.15, 0.2) is 18.2 Å². The van der Waals surface area contributed by atoms with Crippen LogP contribution < -0.4 is 5.73 Å². The summed E-state index contributed by atoms with van der Waals surface area (Å²) in [4.78, 5) is 0. The molecule has 94 valence electrons. The van der Waals surface area contributed by atoms with Crippen molar-refractivity contribution >= 4 is 0 Å². The smallest absolute Gasteiger partial charge is 0.0414 e. The van der Waals surface area contributed by atoms with E-state index in [1.54, 1.807) is 0 Å². The molecule has 2 rings (SSSR count). The van der Waals surface area contributed by atoms with Gasteiger partial charge in [0.15, 0.2) is 0 Å². The summed E-state index contributed by atoms with van der Waals surface area (Å²) < 4.78 is 0. The Balaban J connectivity index is 2.37. The molecular weight excluding hydrogens is 206 g/mol. The lowest BCUT2D eigenvalue weighted by molar-refractivity contribution is 0.151. The maximum Gasteiger partial charge on any atom is 0.0414 e. The van der Waals surface area contributed by atoms with Crippen molar-refractivity contribution in [2.45, 2.75) is 58.9 Å². The Morgan fingerprint density at radius 2 is 1.59 bits per heavy atom. The molecule has 1 aromatic rings. The van der Waals surface area contributed by atoms with E-state index in [1.165, 1.54) is 29.5 Å². The molecule has 1 saturated carbocycles. The van der Waals surface area contributed by atoms with Crippen LogP contribution in [0.2, 0.25) is 0 Å². The molecule has 1 atom stereocenters. The monoisotopic (exact) mass is 231 g/mol. The molecule has 0 spiro atoms. The third-order valence-electron chi connectivity index (χ3n) is 4.07. The molecule has 1 nitrogen and oxygen atoms in total. The molecule has 1 fully saturated rings. The predicted octanol–water partition coefficient (Wildman–Crippen LogP) is 4.06. The molecular formula is C16H25N. The SMILES string of the molecule is Cc1cc(C)cc(C2(N)CCCC(C)(C)C2)c1. The van der Waals surface area contributed by atoms with Crippen molar-refractivity contribution in [3.8, 4) is 0 Å². The van der Waals surface area contributed by atoms with Crippen molar-refractivity contribution in [1.29, 1.82) is 0 Å². The Morgan fingerprint density at radius 3 is 2.12 bits per heavy atom. The quantitative estimate of drug-likeness (QED) is 0.775. The van der Waals surface area contributed by atoms with Gasteiger partial charge in [-0.2, -0.15) is 0 Å². The van der Waals surface area contributed by atoms with Gasteiger partial charge >= 0.3 is 0 Å². The van der Waals surface area contributed by atoms with Crippen LogP contribution in [-0.4, -0.2) is 0 Å². The molecule has 1 unspecified atom stereocenters. The van der Waals surface area contributed by atoms with Gasteiger partial charge in [0, 0.05) is 5.54 Å². The molecule has 17 heavy (non-hydrogen) atoms. The van der Waals surface area contributed by atoms with Gasteiger partial charge in [-0.25, -0.2) is 0 Å². The highest BCUT2D eigenvalue weighted by Crippen LogP contribution is 2.44. The number of hydrogen-bond acceptors (Lipinski definition) is 1. The van der Waals surface area contributed by atoms with Crippen molar-refractivity contribution in [3.63, 3.8) is 0 Å². The largest absolute Gasteiger partial charge is 0.321 e. The molecule has 1 aliphatic carbocycles. The second-order valence-electron chi connectivity index (χ2n) is 6.73. The normalized spacial score (nSPS) is 28.1. The van der Waals surface area contributed by atoms with Gasteiger partial charge < -0.3 is 5.73 Å². The lowest BCUT2D eigenvalue weighted by Crippen LogP contribution is -2.44. The summed E-state index contributed by atoms with van der Waals surface area (Å²) in [5, 5.41) is 0. The van der Waals surface area contributed by atoms with E-state index in [2.05, 4.69) is 45.9 Å². The Hall–Kier alpha value is -0.820. The summed E-state index contributed by atoms with van der Waals surface area (Å²) in [7, 11) is 0. The number of rotatable bonds is 1. The molecule has 0 aliphatic heterocycles. The summed E-state index contributed by atoms with van der Waals surface area (Å²) in [6.45, 7) is 9.01. The minimum absolute atomic E-state index is 0.113. The van der Waals surface area contributed by atoms with Gasteiger partial charge in [-0.05, 0) is 44.1 Å². The number of benzene rings is 1. The maximum atomic E-state index is 6.69. The highest BCUT2D eigenvalue weighted by Gasteiger charge is 2.38. The van der Waals surface area contributed by atoms with Gasteiger partial charge in [-0.15, -0.1) is 0 Å². The molecule has 0 aromatic heterocycles. The Labute approximate surface area is 105 Å². The van der Waals surface area contributed by atoms with Crippen LogP contribution >= 0.6 is 0 Å². The van der Waals surface area contributed by atoms with Crippen LogP contribution in [0.3, 0.4) is 0 Å². The zero-order valence-electron chi connectivity index (χ0n) is 11.6. The molecule has 0 heterocycles. The number of nitrogens with two attached hydrogens (primary N) is 1. The molecule has 2 N–H and O–H groups in total. The lowest BCUT2D eigenvalue weighted by Gasteiger charge is -2.43. The Kier molecular flexibility index (Phi) is 3.07. The van der Waals surface area contributed by atoms with Crippen molar-refractivity contribution in [3.05, 3.63) is 34.9 Å². The van der Waals surface area contributed by atoms with Crippen LogP contribution in [-0.2, 0) is 5.54 Å². The third kappa shape index (κ3) is 2.71.